The maximum Gasteiger partial charge on any atom is 0.0921 e. The van der Waals surface area contributed by atoms with Gasteiger partial charge >= 0.3 is 0 Å². The Morgan fingerprint density at radius 3 is 1.40 bits per heavy atom. The first-order valence-corrected chi connectivity index (χ1v) is 10.7. The molecular weight excluding hydrogens is 363 g/mol. The second-order valence-electron chi connectivity index (χ2n) is 6.32. The third-order valence-corrected chi connectivity index (χ3v) is 8.33. The topological polar surface area (TPSA) is 0 Å². The number of allylic oxidation sites excluding steroid dienone is 8. The van der Waals surface area contributed by atoms with Crippen LogP contribution < -0.4 is 0 Å². The lowest BCUT2D eigenvalue weighted by Crippen LogP contribution is -2.05. The first kappa shape index (κ1) is 16.7. The molecule has 0 N–H and O–H groups in total. The lowest BCUT2D eigenvalue weighted by molar-refractivity contribution is 1.40. The zero-order valence-corrected chi connectivity index (χ0v) is 16.7. The highest BCUT2D eigenvalue weighted by molar-refractivity contribution is 6.65. The first-order chi connectivity index (χ1) is 12.2. The Morgan fingerprint density at radius 2 is 1.00 bits per heavy atom. The average Bonchev–Trinajstić information content (AvgIpc) is 3.21. The predicted octanol–water partition coefficient (Wildman–Crippen LogP) is 6.03. The monoisotopic (exact) mass is 380 g/mol. The van der Waals surface area contributed by atoms with Crippen LogP contribution in [-0.4, -0.2) is 9.52 Å². The third-order valence-electron chi connectivity index (χ3n) is 4.80. The van der Waals surface area contributed by atoms with E-state index in [9.17, 15) is 0 Å². The van der Waals surface area contributed by atoms with Crippen molar-refractivity contribution in [1.82, 2.24) is 0 Å². The van der Waals surface area contributed by atoms with Crippen molar-refractivity contribution in [3.05, 3.63) is 104 Å². The molecule has 0 aromatic heterocycles. The summed E-state index contributed by atoms with van der Waals surface area (Å²) in [7, 11) is -0.754. The van der Waals surface area contributed by atoms with Gasteiger partial charge in [-0.2, -0.15) is 0 Å². The molecule has 0 unspecified atom stereocenters. The van der Waals surface area contributed by atoms with E-state index >= 15 is 0 Å². The summed E-state index contributed by atoms with van der Waals surface area (Å²) in [6, 6.07) is 21.1. The van der Waals surface area contributed by atoms with Crippen LogP contribution in [0.5, 0.6) is 0 Å². The number of rotatable bonds is 4. The van der Waals surface area contributed by atoms with Crippen molar-refractivity contribution in [2.45, 2.75) is 12.8 Å². The van der Waals surface area contributed by atoms with Crippen LogP contribution in [0.4, 0.5) is 0 Å². The fourth-order valence-corrected chi connectivity index (χ4v) is 6.41. The molecule has 124 valence electrons. The molecule has 2 aliphatic rings. The fourth-order valence-electron chi connectivity index (χ4n) is 3.55. The van der Waals surface area contributed by atoms with E-state index in [1.807, 2.05) is 12.1 Å². The smallest absolute Gasteiger partial charge is 0.0889 e. The average molecular weight is 381 g/mol. The van der Waals surface area contributed by atoms with Crippen LogP contribution in [0.1, 0.15) is 24.0 Å². The molecule has 0 saturated carbocycles. The van der Waals surface area contributed by atoms with Crippen LogP contribution >= 0.6 is 23.2 Å². The van der Waals surface area contributed by atoms with E-state index in [-0.39, 0.29) is 0 Å². The van der Waals surface area contributed by atoms with E-state index in [1.165, 1.54) is 32.7 Å². The Morgan fingerprint density at radius 1 is 0.600 bits per heavy atom. The van der Waals surface area contributed by atoms with Crippen LogP contribution in [-0.2, 0) is 0 Å². The molecule has 0 fully saturated rings. The van der Waals surface area contributed by atoms with E-state index < -0.39 is 9.52 Å². The van der Waals surface area contributed by atoms with Crippen molar-refractivity contribution in [2.24, 2.45) is 0 Å². The molecule has 2 aromatic carbocycles. The number of hydrogen-bond donors (Lipinski definition) is 0. The summed E-state index contributed by atoms with van der Waals surface area (Å²) in [5, 5.41) is 4.65. The molecule has 0 spiro atoms. The van der Waals surface area contributed by atoms with Crippen molar-refractivity contribution < 1.29 is 0 Å². The van der Waals surface area contributed by atoms with Crippen molar-refractivity contribution in [3.8, 4) is 0 Å². The van der Waals surface area contributed by atoms with Gasteiger partial charge in [0, 0.05) is 22.9 Å². The SMILES string of the molecule is ClC1=C([SiH2]C2=C(Cl)CC=C2c2ccccc2)C(c2ccccc2)=CC1. The molecule has 0 radical (unpaired) electrons. The number of halogens is 2. The molecule has 4 rings (SSSR count). The van der Waals surface area contributed by atoms with E-state index in [1.54, 1.807) is 0 Å². The minimum absolute atomic E-state index is 0.754. The molecule has 0 aliphatic heterocycles. The van der Waals surface area contributed by atoms with Gasteiger partial charge in [-0.1, -0.05) is 96.0 Å². The largest absolute Gasteiger partial charge is 0.0921 e. The molecular formula is C22H18Cl2Si. The lowest BCUT2D eigenvalue weighted by Gasteiger charge is -2.14. The molecule has 0 saturated heterocycles. The van der Waals surface area contributed by atoms with Gasteiger partial charge in [-0.05, 0) is 32.7 Å². The lowest BCUT2D eigenvalue weighted by atomic mass is 10.1. The summed E-state index contributed by atoms with van der Waals surface area (Å²) >= 11 is 13.2. The quantitative estimate of drug-likeness (QED) is 0.567. The highest BCUT2D eigenvalue weighted by Gasteiger charge is 2.24. The Balaban J connectivity index is 1.67. The van der Waals surface area contributed by atoms with Gasteiger partial charge in [0.25, 0.3) is 0 Å². The van der Waals surface area contributed by atoms with Gasteiger partial charge in [0.1, 0.15) is 0 Å². The van der Waals surface area contributed by atoms with Crippen LogP contribution in [0.25, 0.3) is 11.1 Å². The van der Waals surface area contributed by atoms with Gasteiger partial charge in [-0.25, -0.2) is 0 Å². The van der Waals surface area contributed by atoms with E-state index in [0.29, 0.717) is 0 Å². The van der Waals surface area contributed by atoms with Crippen molar-refractivity contribution in [1.29, 1.82) is 0 Å². The number of hydrogen-bond acceptors (Lipinski definition) is 0. The second kappa shape index (κ2) is 7.21. The Kier molecular flexibility index (Phi) is 4.80. The molecule has 0 heterocycles. The molecule has 2 aromatic rings. The highest BCUT2D eigenvalue weighted by atomic mass is 35.5. The van der Waals surface area contributed by atoms with Crippen molar-refractivity contribution in [3.63, 3.8) is 0 Å². The summed E-state index contributed by atoms with van der Waals surface area (Å²) in [5.41, 5.74) is 5.10. The zero-order valence-electron chi connectivity index (χ0n) is 13.8. The Hall–Kier alpha value is -1.80. The number of benzene rings is 2. The maximum absolute atomic E-state index is 6.62. The molecule has 0 nitrogen and oxygen atoms in total. The van der Waals surface area contributed by atoms with E-state index in [0.717, 1.165) is 22.9 Å². The molecule has 25 heavy (non-hydrogen) atoms. The van der Waals surface area contributed by atoms with Gasteiger partial charge in [0.15, 0.2) is 0 Å². The van der Waals surface area contributed by atoms with Crippen LogP contribution in [0.3, 0.4) is 0 Å². The summed E-state index contributed by atoms with van der Waals surface area (Å²) in [5.74, 6) is 0. The van der Waals surface area contributed by atoms with E-state index in [4.69, 9.17) is 23.2 Å². The minimum atomic E-state index is -0.754. The second-order valence-corrected chi connectivity index (χ2v) is 9.00. The predicted molar refractivity (Wildman–Crippen MR) is 112 cm³/mol. The summed E-state index contributed by atoms with van der Waals surface area (Å²) in [6.45, 7) is 0. The minimum Gasteiger partial charge on any atom is -0.0889 e. The van der Waals surface area contributed by atoms with Gasteiger partial charge in [0.2, 0.25) is 0 Å². The van der Waals surface area contributed by atoms with E-state index in [2.05, 4.69) is 60.7 Å². The van der Waals surface area contributed by atoms with Gasteiger partial charge in [-0.3, -0.25) is 0 Å². The van der Waals surface area contributed by atoms with Crippen molar-refractivity contribution in [2.75, 3.05) is 0 Å². The van der Waals surface area contributed by atoms with Crippen LogP contribution in [0.15, 0.2) is 93.3 Å². The zero-order chi connectivity index (χ0) is 17.2. The molecule has 0 bridgehead atoms. The van der Waals surface area contributed by atoms with Crippen LogP contribution in [0.2, 0.25) is 0 Å². The Labute approximate surface area is 161 Å². The van der Waals surface area contributed by atoms with Gasteiger partial charge in [0.05, 0.1) is 9.52 Å². The third kappa shape index (κ3) is 3.32. The maximum atomic E-state index is 6.62. The Bertz CT molecular complexity index is 842. The molecule has 0 atom stereocenters. The standard InChI is InChI=1S/C22H18Cl2Si/c23-19-13-11-17(15-7-3-1-4-8-15)21(19)25-22-18(12-14-20(22)24)16-9-5-2-6-10-16/h1-12H,13-14,25H2. The fraction of sp³-hybridized carbons (Fsp3) is 0.0909. The van der Waals surface area contributed by atoms with Gasteiger partial charge < -0.3 is 0 Å². The molecule has 2 aliphatic carbocycles. The summed E-state index contributed by atoms with van der Waals surface area (Å²) in [6.07, 6.45) is 6.19. The normalized spacial score (nSPS) is 17.2. The molecule has 3 heteroatoms. The van der Waals surface area contributed by atoms with Crippen molar-refractivity contribution >= 4 is 43.9 Å². The van der Waals surface area contributed by atoms with Crippen LogP contribution in [0, 0.1) is 0 Å². The highest BCUT2D eigenvalue weighted by Crippen LogP contribution is 2.41. The summed E-state index contributed by atoms with van der Waals surface area (Å²) < 4.78 is 0. The molecule has 0 amide bonds. The first-order valence-electron chi connectivity index (χ1n) is 8.51. The summed E-state index contributed by atoms with van der Waals surface area (Å²) in [4.78, 5) is 0. The van der Waals surface area contributed by atoms with Gasteiger partial charge in [-0.15, -0.1) is 0 Å².